The minimum absolute atomic E-state index is 0.0498. The Morgan fingerprint density at radius 2 is 1.62 bits per heavy atom. The Kier molecular flexibility index (Phi) is 3.60. The van der Waals surface area contributed by atoms with Crippen molar-refractivity contribution in [2.24, 2.45) is 11.3 Å². The first-order chi connectivity index (χ1) is 7.48. The molecular weight excluding hydrogens is 198 g/mol. The quantitative estimate of drug-likeness (QED) is 0.741. The molecule has 2 rings (SSSR count). The first-order valence-corrected chi connectivity index (χ1v) is 6.90. The third-order valence-corrected chi connectivity index (χ3v) is 4.67. The van der Waals surface area contributed by atoms with Gasteiger partial charge < -0.3 is 5.11 Å². The molecule has 1 aliphatic carbocycles. The van der Waals surface area contributed by atoms with Crippen molar-refractivity contribution in [2.75, 3.05) is 13.1 Å². The van der Waals surface area contributed by atoms with Crippen molar-refractivity contribution in [2.45, 2.75) is 65.0 Å². The Morgan fingerprint density at radius 1 is 1.00 bits per heavy atom. The van der Waals surface area contributed by atoms with Crippen LogP contribution in [0.15, 0.2) is 0 Å². The average Bonchev–Trinajstić information content (AvgIpc) is 2.63. The molecule has 0 unspecified atom stereocenters. The molecule has 0 spiro atoms. The van der Waals surface area contributed by atoms with Crippen LogP contribution in [0, 0.1) is 11.3 Å². The van der Waals surface area contributed by atoms with Crippen LogP contribution in [0.2, 0.25) is 0 Å². The zero-order valence-corrected chi connectivity index (χ0v) is 11.1. The highest BCUT2D eigenvalue weighted by Crippen LogP contribution is 2.36. The van der Waals surface area contributed by atoms with E-state index in [2.05, 4.69) is 25.7 Å². The minimum Gasteiger partial charge on any atom is -0.391 e. The van der Waals surface area contributed by atoms with E-state index in [1.807, 2.05) is 0 Å². The summed E-state index contributed by atoms with van der Waals surface area (Å²) in [5.41, 5.74) is 0.459. The fourth-order valence-corrected chi connectivity index (χ4v) is 3.44. The van der Waals surface area contributed by atoms with Crippen LogP contribution in [-0.2, 0) is 0 Å². The van der Waals surface area contributed by atoms with E-state index in [0.717, 1.165) is 12.3 Å². The second-order valence-corrected chi connectivity index (χ2v) is 6.74. The van der Waals surface area contributed by atoms with Gasteiger partial charge in [0, 0.05) is 6.04 Å². The highest BCUT2D eigenvalue weighted by molar-refractivity contribution is 4.89. The number of rotatable bonds is 1. The monoisotopic (exact) mass is 225 g/mol. The van der Waals surface area contributed by atoms with Gasteiger partial charge in [0.2, 0.25) is 0 Å². The summed E-state index contributed by atoms with van der Waals surface area (Å²) in [6, 6.07) is 0.473. The lowest BCUT2D eigenvalue weighted by molar-refractivity contribution is 0.0306. The second kappa shape index (κ2) is 4.66. The molecule has 2 nitrogen and oxygen atoms in total. The highest BCUT2D eigenvalue weighted by Gasteiger charge is 2.35. The molecule has 1 aliphatic heterocycles. The number of hydrogen-bond acceptors (Lipinski definition) is 2. The molecule has 1 heterocycles. The number of likely N-dealkylation sites (tertiary alicyclic amines) is 1. The van der Waals surface area contributed by atoms with Crippen molar-refractivity contribution < 1.29 is 5.11 Å². The normalized spacial score (nSPS) is 34.5. The van der Waals surface area contributed by atoms with Gasteiger partial charge in [-0.1, -0.05) is 20.8 Å². The molecule has 1 N–H and O–H groups in total. The Hall–Kier alpha value is -0.0800. The van der Waals surface area contributed by atoms with Crippen LogP contribution in [0.5, 0.6) is 0 Å². The van der Waals surface area contributed by atoms with Crippen LogP contribution < -0.4 is 0 Å². The van der Waals surface area contributed by atoms with Crippen molar-refractivity contribution in [3.63, 3.8) is 0 Å². The van der Waals surface area contributed by atoms with Crippen LogP contribution in [-0.4, -0.2) is 35.2 Å². The van der Waals surface area contributed by atoms with E-state index in [0.29, 0.717) is 11.5 Å². The predicted molar refractivity (Wildman–Crippen MR) is 67.4 cm³/mol. The molecule has 0 amide bonds. The van der Waals surface area contributed by atoms with Crippen molar-refractivity contribution in [3.05, 3.63) is 0 Å². The van der Waals surface area contributed by atoms with Gasteiger partial charge in [-0.05, 0) is 56.5 Å². The summed E-state index contributed by atoms with van der Waals surface area (Å²) < 4.78 is 0. The van der Waals surface area contributed by atoms with Gasteiger partial charge in [0.15, 0.2) is 0 Å². The van der Waals surface area contributed by atoms with Crippen molar-refractivity contribution in [1.82, 2.24) is 4.90 Å². The third-order valence-electron chi connectivity index (χ3n) is 4.67. The molecule has 0 aromatic heterocycles. The average molecular weight is 225 g/mol. The van der Waals surface area contributed by atoms with Crippen molar-refractivity contribution in [3.8, 4) is 0 Å². The Morgan fingerprint density at radius 3 is 2.06 bits per heavy atom. The van der Waals surface area contributed by atoms with E-state index in [4.69, 9.17) is 0 Å². The summed E-state index contributed by atoms with van der Waals surface area (Å²) in [5.74, 6) is 0.863. The summed E-state index contributed by atoms with van der Waals surface area (Å²) >= 11 is 0. The van der Waals surface area contributed by atoms with Gasteiger partial charge in [-0.25, -0.2) is 0 Å². The Bertz CT molecular complexity index is 225. The molecule has 0 bridgehead atoms. The molecule has 0 aromatic carbocycles. The summed E-state index contributed by atoms with van der Waals surface area (Å²) in [4.78, 5) is 2.54. The molecule has 16 heavy (non-hydrogen) atoms. The van der Waals surface area contributed by atoms with E-state index in [9.17, 15) is 5.11 Å². The maximum absolute atomic E-state index is 9.93. The van der Waals surface area contributed by atoms with Gasteiger partial charge in [0.1, 0.15) is 0 Å². The smallest absolute Gasteiger partial charge is 0.0695 e. The molecule has 2 heteroatoms. The predicted octanol–water partition coefficient (Wildman–Crippen LogP) is 2.66. The zero-order valence-electron chi connectivity index (χ0n) is 11.1. The number of aliphatic hydroxyl groups excluding tert-OH is 1. The lowest BCUT2D eigenvalue weighted by atomic mass is 9.75. The Balaban J connectivity index is 1.85. The fraction of sp³-hybridized carbons (Fsp3) is 1.00. The van der Waals surface area contributed by atoms with Crippen LogP contribution in [0.3, 0.4) is 0 Å². The van der Waals surface area contributed by atoms with Crippen LogP contribution in [0.1, 0.15) is 52.9 Å². The lowest BCUT2D eigenvalue weighted by Gasteiger charge is -2.41. The van der Waals surface area contributed by atoms with E-state index in [1.54, 1.807) is 0 Å². The molecule has 0 aromatic rings. The van der Waals surface area contributed by atoms with Crippen LogP contribution in [0.4, 0.5) is 0 Å². The van der Waals surface area contributed by atoms with Crippen LogP contribution >= 0.6 is 0 Å². The SMILES string of the molecule is CC(C)(C)C1CCN([C@H]2CCC[C@@H]2O)CC1. The van der Waals surface area contributed by atoms with E-state index in [-0.39, 0.29) is 6.10 Å². The fourth-order valence-electron chi connectivity index (χ4n) is 3.44. The molecule has 2 fully saturated rings. The molecule has 0 radical (unpaired) electrons. The largest absolute Gasteiger partial charge is 0.391 e. The summed E-state index contributed by atoms with van der Waals surface area (Å²) in [6.45, 7) is 9.47. The third kappa shape index (κ3) is 2.60. The lowest BCUT2D eigenvalue weighted by Crippen LogP contribution is -2.46. The van der Waals surface area contributed by atoms with E-state index < -0.39 is 0 Å². The molecule has 1 saturated heterocycles. The first-order valence-electron chi connectivity index (χ1n) is 6.90. The molecule has 1 saturated carbocycles. The summed E-state index contributed by atoms with van der Waals surface area (Å²) in [5, 5.41) is 9.93. The maximum Gasteiger partial charge on any atom is 0.0695 e. The van der Waals surface area contributed by atoms with Gasteiger partial charge in [-0.3, -0.25) is 4.90 Å². The zero-order chi connectivity index (χ0) is 11.8. The number of aliphatic hydroxyl groups is 1. The number of nitrogens with zero attached hydrogens (tertiary/aromatic N) is 1. The Labute approximate surface area is 100 Å². The van der Waals surface area contributed by atoms with Crippen molar-refractivity contribution >= 4 is 0 Å². The summed E-state index contributed by atoms with van der Waals surface area (Å²) in [6.07, 6.45) is 6.02. The topological polar surface area (TPSA) is 23.5 Å². The van der Waals surface area contributed by atoms with E-state index >= 15 is 0 Å². The molecule has 2 aliphatic rings. The van der Waals surface area contributed by atoms with Gasteiger partial charge in [-0.2, -0.15) is 0 Å². The van der Waals surface area contributed by atoms with E-state index in [1.165, 1.54) is 38.8 Å². The second-order valence-electron chi connectivity index (χ2n) is 6.74. The minimum atomic E-state index is -0.0498. The van der Waals surface area contributed by atoms with Gasteiger partial charge in [0.05, 0.1) is 6.10 Å². The molecular formula is C14H27NO. The van der Waals surface area contributed by atoms with Crippen molar-refractivity contribution in [1.29, 1.82) is 0 Å². The van der Waals surface area contributed by atoms with Gasteiger partial charge >= 0.3 is 0 Å². The molecule has 94 valence electrons. The number of hydrogen-bond donors (Lipinski definition) is 1. The number of piperidine rings is 1. The van der Waals surface area contributed by atoms with Gasteiger partial charge in [0.25, 0.3) is 0 Å². The first kappa shape index (κ1) is 12.4. The standard InChI is InChI=1S/C14H27NO/c1-14(2,3)11-7-9-15(10-8-11)12-5-4-6-13(12)16/h11-13,16H,4-10H2,1-3H3/t12-,13-/m0/s1. The maximum atomic E-state index is 9.93. The van der Waals surface area contributed by atoms with Gasteiger partial charge in [-0.15, -0.1) is 0 Å². The van der Waals surface area contributed by atoms with Crippen LogP contribution in [0.25, 0.3) is 0 Å². The highest BCUT2D eigenvalue weighted by atomic mass is 16.3. The summed E-state index contributed by atoms with van der Waals surface area (Å²) in [7, 11) is 0. The molecule has 2 atom stereocenters.